The van der Waals surface area contributed by atoms with Crippen molar-refractivity contribution >= 4 is 5.91 Å². The molecule has 1 aliphatic carbocycles. The number of oxazole rings is 1. The molecule has 1 aromatic heterocycles. The minimum absolute atomic E-state index is 0.0100. The molecular weight excluding hydrogens is 318 g/mol. The lowest BCUT2D eigenvalue weighted by atomic mass is 10.2. The molecule has 25 heavy (non-hydrogen) atoms. The summed E-state index contributed by atoms with van der Waals surface area (Å²) in [6.07, 6.45) is 3.60. The summed E-state index contributed by atoms with van der Waals surface area (Å²) in [5.74, 6) is 2.09. The molecule has 1 saturated carbocycles. The van der Waals surface area contributed by atoms with Gasteiger partial charge in [0.15, 0.2) is 12.1 Å². The first-order valence-corrected chi connectivity index (χ1v) is 8.94. The number of carbonyl (C=O) groups is 1. The number of hydrogen-bond donors (Lipinski definition) is 0. The summed E-state index contributed by atoms with van der Waals surface area (Å²) in [5, 5.41) is 0. The Bertz CT molecular complexity index is 704. The average molecular weight is 341 g/mol. The van der Waals surface area contributed by atoms with Gasteiger partial charge in [-0.05, 0) is 25.0 Å². The first-order chi connectivity index (χ1) is 12.3. The van der Waals surface area contributed by atoms with Gasteiger partial charge >= 0.3 is 0 Å². The number of ether oxygens (including phenoxy) is 1. The summed E-state index contributed by atoms with van der Waals surface area (Å²) in [6.45, 7) is 4.70. The van der Waals surface area contributed by atoms with Crippen molar-refractivity contribution in [3.05, 3.63) is 48.2 Å². The van der Waals surface area contributed by atoms with E-state index in [0.717, 1.165) is 57.1 Å². The fraction of sp³-hybridized carbons (Fsp3) is 0.474. The van der Waals surface area contributed by atoms with Gasteiger partial charge in [0.05, 0.1) is 0 Å². The highest BCUT2D eigenvalue weighted by atomic mass is 16.5. The Kier molecular flexibility index (Phi) is 4.70. The molecule has 2 aliphatic rings. The molecule has 6 heteroatoms. The van der Waals surface area contributed by atoms with E-state index in [-0.39, 0.29) is 5.91 Å². The molecule has 1 amide bonds. The topological polar surface area (TPSA) is 58.8 Å². The van der Waals surface area contributed by atoms with Gasteiger partial charge in [0.1, 0.15) is 18.1 Å². The van der Waals surface area contributed by atoms with E-state index in [4.69, 9.17) is 9.15 Å². The highest BCUT2D eigenvalue weighted by molar-refractivity contribution is 5.93. The summed E-state index contributed by atoms with van der Waals surface area (Å²) >= 11 is 0. The number of piperazine rings is 1. The lowest BCUT2D eigenvalue weighted by molar-refractivity contribution is 0.0613. The average Bonchev–Trinajstić information content (AvgIpc) is 3.39. The van der Waals surface area contributed by atoms with E-state index in [1.807, 2.05) is 35.2 Å². The minimum atomic E-state index is 0.0100. The first-order valence-electron chi connectivity index (χ1n) is 8.94. The Morgan fingerprint density at radius 3 is 2.64 bits per heavy atom. The van der Waals surface area contributed by atoms with E-state index in [2.05, 4.69) is 9.88 Å². The van der Waals surface area contributed by atoms with Gasteiger partial charge in [-0.2, -0.15) is 0 Å². The van der Waals surface area contributed by atoms with E-state index in [9.17, 15) is 4.79 Å². The smallest absolute Gasteiger partial charge is 0.276 e. The zero-order valence-electron chi connectivity index (χ0n) is 14.3. The number of rotatable bonds is 6. The van der Waals surface area contributed by atoms with Crippen molar-refractivity contribution in [2.45, 2.75) is 18.8 Å². The van der Waals surface area contributed by atoms with E-state index < -0.39 is 0 Å². The zero-order valence-corrected chi connectivity index (χ0v) is 14.3. The number of benzene rings is 1. The van der Waals surface area contributed by atoms with Gasteiger partial charge < -0.3 is 14.1 Å². The monoisotopic (exact) mass is 341 g/mol. The maximum Gasteiger partial charge on any atom is 0.276 e. The zero-order chi connectivity index (χ0) is 17.1. The summed E-state index contributed by atoms with van der Waals surface area (Å²) in [4.78, 5) is 21.1. The third-order valence-corrected chi connectivity index (χ3v) is 4.82. The summed E-state index contributed by atoms with van der Waals surface area (Å²) in [6, 6.07) is 9.85. The van der Waals surface area contributed by atoms with Crippen molar-refractivity contribution in [2.24, 2.45) is 0 Å². The SMILES string of the molecule is O=C(c1ncoc1C1CC1)N1CCN(CCOc2ccccc2)CC1. The van der Waals surface area contributed by atoms with Crippen LogP contribution in [-0.4, -0.2) is 60.0 Å². The van der Waals surface area contributed by atoms with Crippen LogP contribution in [0.5, 0.6) is 5.75 Å². The van der Waals surface area contributed by atoms with Gasteiger partial charge in [0, 0.05) is 38.6 Å². The molecule has 0 radical (unpaired) electrons. The molecule has 2 fully saturated rings. The van der Waals surface area contributed by atoms with Crippen LogP contribution >= 0.6 is 0 Å². The van der Waals surface area contributed by atoms with E-state index >= 15 is 0 Å². The standard InChI is InChI=1S/C19H23N3O3/c23-19(17-18(15-6-7-15)25-14-20-17)22-10-8-21(9-11-22)12-13-24-16-4-2-1-3-5-16/h1-5,14-15H,6-13H2. The molecule has 4 rings (SSSR count). The Hall–Kier alpha value is -2.34. The van der Waals surface area contributed by atoms with Gasteiger partial charge in [-0.15, -0.1) is 0 Å². The molecule has 6 nitrogen and oxygen atoms in total. The van der Waals surface area contributed by atoms with Crippen molar-refractivity contribution in [3.8, 4) is 5.75 Å². The molecular formula is C19H23N3O3. The number of amides is 1. The molecule has 0 N–H and O–H groups in total. The van der Waals surface area contributed by atoms with Crippen LogP contribution in [0.2, 0.25) is 0 Å². The van der Waals surface area contributed by atoms with Crippen molar-refractivity contribution < 1.29 is 13.9 Å². The van der Waals surface area contributed by atoms with Gasteiger partial charge in [0.2, 0.25) is 0 Å². The van der Waals surface area contributed by atoms with Gasteiger partial charge in [0.25, 0.3) is 5.91 Å². The second kappa shape index (κ2) is 7.27. The van der Waals surface area contributed by atoms with E-state index in [1.54, 1.807) is 0 Å². The third kappa shape index (κ3) is 3.85. The normalized spacial score (nSPS) is 18.3. The molecule has 2 heterocycles. The molecule has 1 aliphatic heterocycles. The van der Waals surface area contributed by atoms with Crippen LogP contribution in [0.15, 0.2) is 41.1 Å². The molecule has 1 saturated heterocycles. The van der Waals surface area contributed by atoms with Crippen LogP contribution in [0, 0.1) is 0 Å². The minimum Gasteiger partial charge on any atom is -0.492 e. The predicted octanol–water partition coefficient (Wildman–Crippen LogP) is 2.39. The Morgan fingerprint density at radius 2 is 1.92 bits per heavy atom. The lowest BCUT2D eigenvalue weighted by Crippen LogP contribution is -2.49. The van der Waals surface area contributed by atoms with Crippen molar-refractivity contribution in [3.63, 3.8) is 0 Å². The van der Waals surface area contributed by atoms with Crippen LogP contribution in [0.25, 0.3) is 0 Å². The molecule has 132 valence electrons. The Labute approximate surface area is 147 Å². The second-order valence-electron chi connectivity index (χ2n) is 6.63. The maximum absolute atomic E-state index is 12.7. The number of nitrogens with zero attached hydrogens (tertiary/aromatic N) is 3. The fourth-order valence-corrected chi connectivity index (χ4v) is 3.18. The molecule has 1 aromatic carbocycles. The van der Waals surface area contributed by atoms with Crippen LogP contribution in [0.1, 0.15) is 35.0 Å². The van der Waals surface area contributed by atoms with Crippen molar-refractivity contribution in [2.75, 3.05) is 39.3 Å². The van der Waals surface area contributed by atoms with Crippen LogP contribution < -0.4 is 4.74 Å². The quantitative estimate of drug-likeness (QED) is 0.807. The summed E-state index contributed by atoms with van der Waals surface area (Å²) in [5.41, 5.74) is 0.517. The largest absolute Gasteiger partial charge is 0.492 e. The van der Waals surface area contributed by atoms with Crippen molar-refractivity contribution in [1.29, 1.82) is 0 Å². The highest BCUT2D eigenvalue weighted by Crippen LogP contribution is 2.41. The first kappa shape index (κ1) is 16.1. The Morgan fingerprint density at radius 1 is 1.16 bits per heavy atom. The number of hydrogen-bond acceptors (Lipinski definition) is 5. The second-order valence-corrected chi connectivity index (χ2v) is 6.63. The molecule has 0 unspecified atom stereocenters. The third-order valence-electron chi connectivity index (χ3n) is 4.82. The molecule has 0 spiro atoms. The van der Waals surface area contributed by atoms with Gasteiger partial charge in [-0.3, -0.25) is 9.69 Å². The Balaban J connectivity index is 1.24. The summed E-state index contributed by atoms with van der Waals surface area (Å²) in [7, 11) is 0. The summed E-state index contributed by atoms with van der Waals surface area (Å²) < 4.78 is 11.2. The van der Waals surface area contributed by atoms with Crippen LogP contribution in [0.3, 0.4) is 0 Å². The highest BCUT2D eigenvalue weighted by Gasteiger charge is 2.34. The number of aromatic nitrogens is 1. The molecule has 0 atom stereocenters. The number of carbonyl (C=O) groups excluding carboxylic acids is 1. The number of para-hydroxylation sites is 1. The van der Waals surface area contributed by atoms with Crippen LogP contribution in [0.4, 0.5) is 0 Å². The fourth-order valence-electron chi connectivity index (χ4n) is 3.18. The molecule has 2 aromatic rings. The van der Waals surface area contributed by atoms with Gasteiger partial charge in [-0.1, -0.05) is 18.2 Å². The van der Waals surface area contributed by atoms with Gasteiger partial charge in [-0.25, -0.2) is 4.98 Å². The van der Waals surface area contributed by atoms with Crippen LogP contribution in [-0.2, 0) is 0 Å². The maximum atomic E-state index is 12.7. The predicted molar refractivity (Wildman–Crippen MR) is 92.8 cm³/mol. The molecule has 0 bridgehead atoms. The lowest BCUT2D eigenvalue weighted by Gasteiger charge is -2.34. The van der Waals surface area contributed by atoms with E-state index in [1.165, 1.54) is 6.39 Å². The van der Waals surface area contributed by atoms with E-state index in [0.29, 0.717) is 18.2 Å². The van der Waals surface area contributed by atoms with Crippen molar-refractivity contribution in [1.82, 2.24) is 14.8 Å².